The van der Waals surface area contributed by atoms with Crippen molar-refractivity contribution in [3.05, 3.63) is 58.4 Å². The van der Waals surface area contributed by atoms with Gasteiger partial charge in [0.1, 0.15) is 11.6 Å². The third-order valence-corrected chi connectivity index (χ3v) is 4.88. The number of hydrogen-bond acceptors (Lipinski definition) is 4. The van der Waals surface area contributed by atoms with Gasteiger partial charge in [-0.25, -0.2) is 0 Å². The first-order valence-electron chi connectivity index (χ1n) is 8.19. The molecule has 0 amide bonds. The van der Waals surface area contributed by atoms with Gasteiger partial charge in [-0.2, -0.15) is 13.2 Å². The lowest BCUT2D eigenvalue weighted by Gasteiger charge is -2.21. The number of halogens is 4. The van der Waals surface area contributed by atoms with Crippen LogP contribution in [0.5, 0.6) is 0 Å². The van der Waals surface area contributed by atoms with Gasteiger partial charge in [-0.1, -0.05) is 11.6 Å². The lowest BCUT2D eigenvalue weighted by atomic mass is 9.96. The molecule has 0 saturated carbocycles. The van der Waals surface area contributed by atoms with Gasteiger partial charge in [0.25, 0.3) is 0 Å². The standard InChI is InChI=1S/C18H14ClF3N4O/c1-9-24-25-15-3-2-10-4-11(6-14(19)16(10)26(9)15)12-5-13(8-23-7-12)17(27)18(20,21)22/h4-8,17,27H,2-3H2,1H3. The maximum Gasteiger partial charge on any atom is 0.418 e. The van der Waals surface area contributed by atoms with Gasteiger partial charge in [0, 0.05) is 29.9 Å². The van der Waals surface area contributed by atoms with Gasteiger partial charge in [0.2, 0.25) is 0 Å². The van der Waals surface area contributed by atoms with Gasteiger partial charge >= 0.3 is 6.18 Å². The Balaban J connectivity index is 1.80. The average Bonchev–Trinajstić information content (AvgIpc) is 3.01. The molecule has 1 aliphatic rings. The molecule has 140 valence electrons. The maximum atomic E-state index is 12.8. The molecule has 5 nitrogen and oxygen atoms in total. The van der Waals surface area contributed by atoms with E-state index in [4.69, 9.17) is 11.6 Å². The van der Waals surface area contributed by atoms with Crippen LogP contribution >= 0.6 is 11.6 Å². The van der Waals surface area contributed by atoms with Gasteiger partial charge in [-0.3, -0.25) is 9.55 Å². The number of aryl methyl sites for hydroxylation is 3. The van der Waals surface area contributed by atoms with Crippen molar-refractivity contribution in [2.45, 2.75) is 32.0 Å². The molecule has 1 unspecified atom stereocenters. The molecule has 0 bridgehead atoms. The summed E-state index contributed by atoms with van der Waals surface area (Å²) in [5.74, 6) is 1.55. The van der Waals surface area contributed by atoms with E-state index in [1.165, 1.54) is 12.3 Å². The zero-order valence-corrected chi connectivity index (χ0v) is 14.9. The van der Waals surface area contributed by atoms with Crippen molar-refractivity contribution < 1.29 is 18.3 Å². The van der Waals surface area contributed by atoms with Crippen LogP contribution in [0.4, 0.5) is 13.2 Å². The minimum Gasteiger partial charge on any atom is -0.379 e. The Hall–Kier alpha value is -2.45. The first-order chi connectivity index (χ1) is 12.8. The Bertz CT molecular complexity index is 1030. The summed E-state index contributed by atoms with van der Waals surface area (Å²) in [6, 6.07) is 4.83. The van der Waals surface area contributed by atoms with E-state index < -0.39 is 12.3 Å². The van der Waals surface area contributed by atoms with Crippen LogP contribution in [0, 0.1) is 6.92 Å². The van der Waals surface area contributed by atoms with Crippen LogP contribution < -0.4 is 0 Å². The van der Waals surface area contributed by atoms with E-state index in [9.17, 15) is 18.3 Å². The average molecular weight is 395 g/mol. The lowest BCUT2D eigenvalue weighted by Crippen LogP contribution is -2.20. The van der Waals surface area contributed by atoms with Crippen molar-refractivity contribution in [3.63, 3.8) is 0 Å². The van der Waals surface area contributed by atoms with Crippen molar-refractivity contribution in [3.8, 4) is 16.8 Å². The molecule has 3 aromatic rings. The van der Waals surface area contributed by atoms with Gasteiger partial charge in [-0.15, -0.1) is 10.2 Å². The second-order valence-corrected chi connectivity index (χ2v) is 6.82. The van der Waals surface area contributed by atoms with E-state index in [0.29, 0.717) is 29.0 Å². The highest BCUT2D eigenvalue weighted by Crippen LogP contribution is 2.37. The number of aliphatic hydroxyl groups is 1. The van der Waals surface area contributed by atoms with Crippen LogP contribution in [0.2, 0.25) is 5.02 Å². The van der Waals surface area contributed by atoms with Crippen LogP contribution in [0.3, 0.4) is 0 Å². The van der Waals surface area contributed by atoms with Crippen LogP contribution in [-0.4, -0.2) is 31.0 Å². The first kappa shape index (κ1) is 17.9. The fraction of sp³-hybridized carbons (Fsp3) is 0.278. The van der Waals surface area contributed by atoms with Crippen LogP contribution in [0.1, 0.15) is 28.9 Å². The van der Waals surface area contributed by atoms with E-state index in [1.54, 1.807) is 6.07 Å². The summed E-state index contributed by atoms with van der Waals surface area (Å²) in [5.41, 5.74) is 2.52. The second-order valence-electron chi connectivity index (χ2n) is 6.42. The second kappa shape index (κ2) is 6.31. The topological polar surface area (TPSA) is 63.8 Å². The van der Waals surface area contributed by atoms with Crippen molar-refractivity contribution >= 4 is 11.6 Å². The molecule has 0 aliphatic carbocycles. The van der Waals surface area contributed by atoms with E-state index >= 15 is 0 Å². The molecule has 2 aromatic heterocycles. The van der Waals surface area contributed by atoms with Crippen molar-refractivity contribution in [2.75, 3.05) is 0 Å². The molecule has 9 heteroatoms. The third-order valence-electron chi connectivity index (χ3n) is 4.59. The summed E-state index contributed by atoms with van der Waals surface area (Å²) in [7, 11) is 0. The minimum atomic E-state index is -4.75. The molecular formula is C18H14ClF3N4O. The molecular weight excluding hydrogens is 381 g/mol. The number of nitrogens with zero attached hydrogens (tertiary/aromatic N) is 4. The Morgan fingerprint density at radius 2 is 1.89 bits per heavy atom. The summed E-state index contributed by atoms with van der Waals surface area (Å²) in [6.45, 7) is 1.84. The lowest BCUT2D eigenvalue weighted by molar-refractivity contribution is -0.206. The highest BCUT2D eigenvalue weighted by molar-refractivity contribution is 6.33. The smallest absolute Gasteiger partial charge is 0.379 e. The number of rotatable bonds is 2. The molecule has 0 fully saturated rings. The Morgan fingerprint density at radius 3 is 2.63 bits per heavy atom. The molecule has 0 saturated heterocycles. The van der Waals surface area contributed by atoms with Gasteiger partial charge in [0.15, 0.2) is 6.10 Å². The summed E-state index contributed by atoms with van der Waals surface area (Å²) < 4.78 is 40.3. The molecule has 1 aromatic carbocycles. The number of aromatic nitrogens is 4. The Morgan fingerprint density at radius 1 is 1.11 bits per heavy atom. The molecule has 3 heterocycles. The SMILES string of the molecule is Cc1nnc2n1-c1c(Cl)cc(-c3cncc(C(O)C(F)(F)F)c3)cc1CC2. The summed E-state index contributed by atoms with van der Waals surface area (Å²) in [5, 5.41) is 18.2. The van der Waals surface area contributed by atoms with E-state index in [2.05, 4.69) is 15.2 Å². The van der Waals surface area contributed by atoms with Gasteiger partial charge in [0.05, 0.1) is 10.7 Å². The highest BCUT2D eigenvalue weighted by atomic mass is 35.5. The predicted octanol–water partition coefficient (Wildman–Crippen LogP) is 3.99. The van der Waals surface area contributed by atoms with Crippen LogP contribution in [-0.2, 0) is 12.8 Å². The van der Waals surface area contributed by atoms with E-state index in [0.717, 1.165) is 29.1 Å². The molecule has 0 radical (unpaired) electrons. The quantitative estimate of drug-likeness (QED) is 0.714. The molecule has 1 aliphatic heterocycles. The number of aliphatic hydroxyl groups excluding tert-OH is 1. The zero-order valence-electron chi connectivity index (χ0n) is 14.1. The van der Waals surface area contributed by atoms with Crippen molar-refractivity contribution in [1.82, 2.24) is 19.7 Å². The first-order valence-corrected chi connectivity index (χ1v) is 8.57. The number of alkyl halides is 3. The largest absolute Gasteiger partial charge is 0.418 e. The maximum absolute atomic E-state index is 12.8. The van der Waals surface area contributed by atoms with Gasteiger partial charge in [-0.05, 0) is 42.7 Å². The van der Waals surface area contributed by atoms with Crippen LogP contribution in [0.15, 0.2) is 30.6 Å². The van der Waals surface area contributed by atoms with Crippen LogP contribution in [0.25, 0.3) is 16.8 Å². The van der Waals surface area contributed by atoms with Crippen molar-refractivity contribution in [2.24, 2.45) is 0 Å². The predicted molar refractivity (Wildman–Crippen MR) is 92.8 cm³/mol. The normalized spacial score (nSPS) is 14.6. The summed E-state index contributed by atoms with van der Waals surface area (Å²) in [4.78, 5) is 3.85. The monoisotopic (exact) mass is 394 g/mol. The minimum absolute atomic E-state index is 0.314. The molecule has 1 N–H and O–H groups in total. The number of fused-ring (bicyclic) bond motifs is 3. The third kappa shape index (κ3) is 3.08. The number of pyridine rings is 1. The van der Waals surface area contributed by atoms with Crippen molar-refractivity contribution in [1.29, 1.82) is 0 Å². The zero-order chi connectivity index (χ0) is 19.3. The fourth-order valence-corrected chi connectivity index (χ4v) is 3.65. The molecule has 27 heavy (non-hydrogen) atoms. The Kier molecular flexibility index (Phi) is 4.20. The molecule has 0 spiro atoms. The van der Waals surface area contributed by atoms with Gasteiger partial charge < -0.3 is 5.11 Å². The molecule has 4 rings (SSSR count). The number of hydrogen-bond donors (Lipinski definition) is 1. The number of benzene rings is 1. The highest BCUT2D eigenvalue weighted by Gasteiger charge is 2.39. The summed E-state index contributed by atoms with van der Waals surface area (Å²) >= 11 is 6.50. The Labute approximate surface area is 157 Å². The summed E-state index contributed by atoms with van der Waals surface area (Å²) in [6.07, 6.45) is -3.49. The van der Waals surface area contributed by atoms with E-state index in [1.807, 2.05) is 17.6 Å². The fourth-order valence-electron chi connectivity index (χ4n) is 3.32. The molecule has 1 atom stereocenters. The van der Waals surface area contributed by atoms with E-state index in [-0.39, 0.29) is 5.56 Å².